The molecule has 4 heteroatoms. The number of nitriles is 1. The highest BCUT2D eigenvalue weighted by molar-refractivity contribution is 5.95. The summed E-state index contributed by atoms with van der Waals surface area (Å²) in [4.78, 5) is 16.7. The molecule has 3 rings (SSSR count). The second kappa shape index (κ2) is 4.88. The van der Waals surface area contributed by atoms with Crippen LogP contribution in [0.1, 0.15) is 11.1 Å². The van der Waals surface area contributed by atoms with Crippen molar-refractivity contribution < 1.29 is 0 Å². The summed E-state index contributed by atoms with van der Waals surface area (Å²) in [6, 6.07) is 13.3. The molecule has 0 atom stereocenters. The van der Waals surface area contributed by atoms with Crippen LogP contribution in [-0.4, -0.2) is 9.55 Å². The highest BCUT2D eigenvalue weighted by Crippen LogP contribution is 2.29. The molecule has 0 N–H and O–H groups in total. The molecular weight excluding hydrogens is 262 g/mol. The van der Waals surface area contributed by atoms with Gasteiger partial charge in [0.25, 0.3) is 5.56 Å². The fourth-order valence-electron chi connectivity index (χ4n) is 2.49. The Labute approximate surface area is 121 Å². The van der Waals surface area contributed by atoms with Gasteiger partial charge >= 0.3 is 0 Å². The summed E-state index contributed by atoms with van der Waals surface area (Å²) in [6.07, 6.45) is 1.51. The van der Waals surface area contributed by atoms with E-state index in [0.29, 0.717) is 16.5 Å². The quantitative estimate of drug-likeness (QED) is 0.686. The fourth-order valence-corrected chi connectivity index (χ4v) is 2.49. The predicted molar refractivity (Wildman–Crippen MR) is 81.9 cm³/mol. The Kier molecular flexibility index (Phi) is 3.03. The fraction of sp³-hybridized carbons (Fsp3) is 0.118. The van der Waals surface area contributed by atoms with E-state index >= 15 is 0 Å². The molecule has 0 unspecified atom stereocenters. The van der Waals surface area contributed by atoms with Crippen LogP contribution in [0.2, 0.25) is 0 Å². The van der Waals surface area contributed by atoms with Gasteiger partial charge in [0.05, 0.1) is 28.9 Å². The van der Waals surface area contributed by atoms with Crippen molar-refractivity contribution in [2.75, 3.05) is 0 Å². The number of nitrogens with zero attached hydrogens (tertiary/aromatic N) is 3. The molecule has 102 valence electrons. The second-order valence-electron chi connectivity index (χ2n) is 5.03. The van der Waals surface area contributed by atoms with Crippen LogP contribution >= 0.6 is 0 Å². The molecule has 0 bridgehead atoms. The van der Waals surface area contributed by atoms with Gasteiger partial charge in [-0.2, -0.15) is 5.26 Å². The second-order valence-corrected chi connectivity index (χ2v) is 5.03. The molecule has 3 aromatic rings. The average molecular weight is 275 g/mol. The van der Waals surface area contributed by atoms with Gasteiger partial charge in [-0.1, -0.05) is 18.2 Å². The highest BCUT2D eigenvalue weighted by atomic mass is 16.1. The molecule has 0 saturated carbocycles. The summed E-state index contributed by atoms with van der Waals surface area (Å²) in [5.74, 6) is 0. The van der Waals surface area contributed by atoms with E-state index in [9.17, 15) is 10.1 Å². The van der Waals surface area contributed by atoms with E-state index in [1.165, 1.54) is 10.9 Å². The van der Waals surface area contributed by atoms with Gasteiger partial charge in [0.1, 0.15) is 0 Å². The Morgan fingerprint density at radius 3 is 2.71 bits per heavy atom. The molecule has 0 saturated heterocycles. The van der Waals surface area contributed by atoms with Crippen molar-refractivity contribution in [1.29, 1.82) is 5.26 Å². The Hall–Kier alpha value is -2.93. The lowest BCUT2D eigenvalue weighted by Gasteiger charge is -2.10. The number of hydrogen-bond acceptors (Lipinski definition) is 3. The van der Waals surface area contributed by atoms with Crippen LogP contribution in [0.4, 0.5) is 0 Å². The van der Waals surface area contributed by atoms with E-state index in [2.05, 4.69) is 11.1 Å². The van der Waals surface area contributed by atoms with Gasteiger partial charge in [0.15, 0.2) is 0 Å². The summed E-state index contributed by atoms with van der Waals surface area (Å²) >= 11 is 0. The lowest BCUT2D eigenvalue weighted by Crippen LogP contribution is -2.17. The topological polar surface area (TPSA) is 58.7 Å². The molecule has 0 spiro atoms. The molecule has 0 radical (unpaired) electrons. The normalized spacial score (nSPS) is 10.5. The van der Waals surface area contributed by atoms with Gasteiger partial charge in [-0.15, -0.1) is 0 Å². The molecule has 0 fully saturated rings. The van der Waals surface area contributed by atoms with Gasteiger partial charge in [-0.05, 0) is 30.7 Å². The molecule has 2 aromatic carbocycles. The zero-order valence-electron chi connectivity index (χ0n) is 11.8. The monoisotopic (exact) mass is 275 g/mol. The number of rotatable bonds is 1. The number of fused-ring (bicyclic) bond motifs is 1. The van der Waals surface area contributed by atoms with Crippen LogP contribution in [0.25, 0.3) is 22.0 Å². The SMILES string of the molecule is Cc1cc(-c2ccccc2C#N)c2ncn(C)c(=O)c2c1. The van der Waals surface area contributed by atoms with Crippen LogP contribution < -0.4 is 5.56 Å². The number of benzene rings is 2. The standard InChI is InChI=1S/C17H13N3O/c1-11-7-14(13-6-4-3-5-12(13)9-18)16-15(8-11)17(21)20(2)10-19-16/h3-8,10H,1-2H3. The lowest BCUT2D eigenvalue weighted by molar-refractivity contribution is 0.843. The third-order valence-electron chi connectivity index (χ3n) is 3.50. The minimum atomic E-state index is -0.0839. The van der Waals surface area contributed by atoms with E-state index in [-0.39, 0.29) is 5.56 Å². The maximum atomic E-state index is 12.3. The van der Waals surface area contributed by atoms with Crippen LogP contribution in [0.5, 0.6) is 0 Å². The Morgan fingerprint density at radius 1 is 1.19 bits per heavy atom. The Bertz CT molecular complexity index is 948. The first-order valence-corrected chi connectivity index (χ1v) is 6.57. The minimum Gasteiger partial charge on any atom is -0.302 e. The molecule has 0 aliphatic carbocycles. The van der Waals surface area contributed by atoms with Crippen molar-refractivity contribution in [3.63, 3.8) is 0 Å². The van der Waals surface area contributed by atoms with Crippen molar-refractivity contribution in [3.8, 4) is 17.2 Å². The Morgan fingerprint density at radius 2 is 1.95 bits per heavy atom. The minimum absolute atomic E-state index is 0.0839. The summed E-state index contributed by atoms with van der Waals surface area (Å²) in [7, 11) is 1.68. The average Bonchev–Trinajstić information content (AvgIpc) is 2.50. The van der Waals surface area contributed by atoms with Crippen LogP contribution in [0, 0.1) is 18.3 Å². The van der Waals surface area contributed by atoms with E-state index in [0.717, 1.165) is 16.7 Å². The largest absolute Gasteiger partial charge is 0.302 e. The first kappa shape index (κ1) is 13.1. The maximum Gasteiger partial charge on any atom is 0.260 e. The van der Waals surface area contributed by atoms with Gasteiger partial charge in [0, 0.05) is 18.2 Å². The van der Waals surface area contributed by atoms with E-state index in [1.54, 1.807) is 13.1 Å². The zero-order chi connectivity index (χ0) is 15.0. The van der Waals surface area contributed by atoms with Gasteiger partial charge in [-0.3, -0.25) is 4.79 Å². The predicted octanol–water partition coefficient (Wildman–Crippen LogP) is 2.78. The summed E-state index contributed by atoms with van der Waals surface area (Å²) in [6.45, 7) is 1.93. The molecule has 0 aliphatic heterocycles. The smallest absolute Gasteiger partial charge is 0.260 e. The molecule has 0 aliphatic rings. The molecule has 21 heavy (non-hydrogen) atoms. The molecule has 4 nitrogen and oxygen atoms in total. The zero-order valence-corrected chi connectivity index (χ0v) is 11.8. The van der Waals surface area contributed by atoms with Crippen LogP contribution in [0.15, 0.2) is 47.5 Å². The van der Waals surface area contributed by atoms with E-state index in [1.807, 2.05) is 37.3 Å². The molecule has 1 aromatic heterocycles. The van der Waals surface area contributed by atoms with Gasteiger partial charge in [-0.25, -0.2) is 4.98 Å². The number of hydrogen-bond donors (Lipinski definition) is 0. The van der Waals surface area contributed by atoms with E-state index < -0.39 is 0 Å². The van der Waals surface area contributed by atoms with Crippen LogP contribution in [-0.2, 0) is 7.05 Å². The lowest BCUT2D eigenvalue weighted by atomic mass is 9.96. The molecule has 1 heterocycles. The highest BCUT2D eigenvalue weighted by Gasteiger charge is 2.12. The van der Waals surface area contributed by atoms with Crippen molar-refractivity contribution >= 4 is 10.9 Å². The van der Waals surface area contributed by atoms with Crippen LogP contribution in [0.3, 0.4) is 0 Å². The first-order valence-electron chi connectivity index (χ1n) is 6.57. The van der Waals surface area contributed by atoms with Crippen molar-refractivity contribution in [1.82, 2.24) is 9.55 Å². The van der Waals surface area contributed by atoms with Crippen molar-refractivity contribution in [3.05, 3.63) is 64.2 Å². The summed E-state index contributed by atoms with van der Waals surface area (Å²) < 4.78 is 1.46. The third kappa shape index (κ3) is 2.09. The summed E-state index contributed by atoms with van der Waals surface area (Å²) in [5.41, 5.74) is 3.71. The number of aryl methyl sites for hydroxylation is 2. The molecular formula is C17H13N3O. The van der Waals surface area contributed by atoms with Crippen molar-refractivity contribution in [2.24, 2.45) is 7.05 Å². The number of aromatic nitrogens is 2. The summed E-state index contributed by atoms with van der Waals surface area (Å²) in [5, 5.41) is 9.86. The van der Waals surface area contributed by atoms with Crippen molar-refractivity contribution in [2.45, 2.75) is 6.92 Å². The third-order valence-corrected chi connectivity index (χ3v) is 3.50. The Balaban J connectivity index is 2.47. The first-order chi connectivity index (χ1) is 10.1. The molecule has 0 amide bonds. The van der Waals surface area contributed by atoms with Gasteiger partial charge in [0.2, 0.25) is 0 Å². The van der Waals surface area contributed by atoms with E-state index in [4.69, 9.17) is 0 Å². The van der Waals surface area contributed by atoms with Gasteiger partial charge < -0.3 is 4.57 Å². The maximum absolute atomic E-state index is 12.3.